The van der Waals surface area contributed by atoms with Gasteiger partial charge in [-0.2, -0.15) is 0 Å². The highest BCUT2D eigenvalue weighted by molar-refractivity contribution is 6.76. The summed E-state index contributed by atoms with van der Waals surface area (Å²) in [6.07, 6.45) is 6.64. The molecule has 0 spiro atoms. The average molecular weight is 564 g/mol. The van der Waals surface area contributed by atoms with Crippen LogP contribution in [0, 0.1) is 6.92 Å². The lowest BCUT2D eigenvalue weighted by atomic mass is 9.88. The summed E-state index contributed by atoms with van der Waals surface area (Å²) in [4.78, 5) is 20.0. The molecule has 1 saturated heterocycles. The van der Waals surface area contributed by atoms with Crippen molar-refractivity contribution in [1.29, 1.82) is 0 Å². The van der Waals surface area contributed by atoms with Crippen LogP contribution in [0.1, 0.15) is 61.9 Å². The average Bonchev–Trinajstić information content (AvgIpc) is 3.49. The van der Waals surface area contributed by atoms with Crippen LogP contribution in [0.3, 0.4) is 0 Å². The summed E-state index contributed by atoms with van der Waals surface area (Å²) in [5.41, 5.74) is 7.56. The van der Waals surface area contributed by atoms with Gasteiger partial charge in [0.25, 0.3) is 0 Å². The Morgan fingerprint density at radius 3 is 2.73 bits per heavy atom. The number of aromatic nitrogens is 2. The van der Waals surface area contributed by atoms with Crippen molar-refractivity contribution in [3.63, 3.8) is 0 Å². The molecule has 8 heteroatoms. The van der Waals surface area contributed by atoms with Crippen molar-refractivity contribution in [3.8, 4) is 11.1 Å². The lowest BCUT2D eigenvalue weighted by Gasteiger charge is -2.31. The van der Waals surface area contributed by atoms with Crippen molar-refractivity contribution in [2.24, 2.45) is 0 Å². The van der Waals surface area contributed by atoms with Crippen molar-refractivity contribution >= 4 is 25.2 Å². The van der Waals surface area contributed by atoms with Crippen molar-refractivity contribution in [2.75, 3.05) is 19.8 Å². The topological polar surface area (TPSA) is 65.8 Å². The van der Waals surface area contributed by atoms with Gasteiger partial charge in [-0.05, 0) is 93.0 Å². The zero-order valence-electron chi connectivity index (χ0n) is 25.3. The van der Waals surface area contributed by atoms with Gasteiger partial charge < -0.3 is 23.7 Å². The number of hydrogen-bond acceptors (Lipinski definition) is 5. The van der Waals surface area contributed by atoms with Crippen LogP contribution in [0.2, 0.25) is 25.7 Å². The van der Waals surface area contributed by atoms with E-state index in [0.29, 0.717) is 26.5 Å². The van der Waals surface area contributed by atoms with E-state index in [4.69, 9.17) is 19.2 Å². The van der Waals surface area contributed by atoms with Gasteiger partial charge in [0.1, 0.15) is 18.0 Å². The number of benzene rings is 1. The molecule has 3 aromatic rings. The van der Waals surface area contributed by atoms with E-state index in [1.165, 1.54) is 22.3 Å². The van der Waals surface area contributed by atoms with Crippen LogP contribution in [-0.4, -0.2) is 54.0 Å². The molecule has 216 valence electrons. The second-order valence-electron chi connectivity index (χ2n) is 13.6. The molecule has 0 N–H and O–H groups in total. The van der Waals surface area contributed by atoms with Gasteiger partial charge in [-0.15, -0.1) is 0 Å². The van der Waals surface area contributed by atoms with Crippen LogP contribution in [0.4, 0.5) is 4.79 Å². The SMILES string of the molecule is Cc1cn(COCC[Si](C)(C)C)c2ncc(-c3cc4c(c([C@@H]5CCCN5C(=O)OC(C)(C)C)c3)COCC4)cc12. The molecule has 1 amide bonds. The summed E-state index contributed by atoms with van der Waals surface area (Å²) in [6.45, 7) is 18.3. The Bertz CT molecular complexity index is 1390. The van der Waals surface area contributed by atoms with Crippen molar-refractivity contribution < 1.29 is 19.0 Å². The number of aryl methyl sites for hydroxylation is 1. The van der Waals surface area contributed by atoms with Crippen LogP contribution in [0.25, 0.3) is 22.2 Å². The monoisotopic (exact) mass is 563 g/mol. The molecule has 40 heavy (non-hydrogen) atoms. The zero-order chi connectivity index (χ0) is 28.7. The van der Waals surface area contributed by atoms with Crippen LogP contribution in [0.15, 0.2) is 30.6 Å². The molecule has 0 saturated carbocycles. The fourth-order valence-electron chi connectivity index (χ4n) is 5.74. The molecule has 4 heterocycles. The highest BCUT2D eigenvalue weighted by Gasteiger charge is 2.35. The Morgan fingerprint density at radius 2 is 1.98 bits per heavy atom. The van der Waals surface area contributed by atoms with E-state index in [1.807, 2.05) is 31.9 Å². The molecule has 2 aliphatic rings. The normalized spacial score (nSPS) is 17.9. The number of rotatable bonds is 7. The summed E-state index contributed by atoms with van der Waals surface area (Å²) < 4.78 is 19.8. The van der Waals surface area contributed by atoms with E-state index < -0.39 is 13.7 Å². The van der Waals surface area contributed by atoms with Gasteiger partial charge in [0, 0.05) is 44.6 Å². The summed E-state index contributed by atoms with van der Waals surface area (Å²) in [5.74, 6) is 0. The molecule has 5 rings (SSSR count). The maximum atomic E-state index is 13.1. The quantitative estimate of drug-likeness (QED) is 0.220. The van der Waals surface area contributed by atoms with E-state index in [0.717, 1.165) is 54.1 Å². The minimum atomic E-state index is -1.12. The molecular weight excluding hydrogens is 518 g/mol. The number of hydrogen-bond donors (Lipinski definition) is 0. The van der Waals surface area contributed by atoms with Gasteiger partial charge in [-0.25, -0.2) is 9.78 Å². The first-order valence-electron chi connectivity index (χ1n) is 14.7. The molecule has 0 unspecified atom stereocenters. The van der Waals surface area contributed by atoms with Crippen molar-refractivity contribution in [1.82, 2.24) is 14.5 Å². The molecular formula is C32H45N3O4Si. The Morgan fingerprint density at radius 1 is 1.18 bits per heavy atom. The molecule has 1 fully saturated rings. The third kappa shape index (κ3) is 6.45. The maximum absolute atomic E-state index is 13.1. The zero-order valence-corrected chi connectivity index (χ0v) is 26.3. The Balaban J connectivity index is 1.46. The van der Waals surface area contributed by atoms with Crippen LogP contribution in [0.5, 0.6) is 0 Å². The number of amides is 1. The summed E-state index contributed by atoms with van der Waals surface area (Å²) in [5, 5.41) is 1.14. The fraction of sp³-hybridized carbons (Fsp3) is 0.562. The van der Waals surface area contributed by atoms with Gasteiger partial charge in [0.2, 0.25) is 0 Å². The number of carbonyl (C=O) groups excluding carboxylic acids is 1. The smallest absolute Gasteiger partial charge is 0.410 e. The van der Waals surface area contributed by atoms with Gasteiger partial charge in [-0.1, -0.05) is 25.7 Å². The minimum absolute atomic E-state index is 0.0157. The number of nitrogens with zero attached hydrogens (tertiary/aromatic N) is 3. The minimum Gasteiger partial charge on any atom is -0.444 e. The number of fused-ring (bicyclic) bond motifs is 2. The first-order valence-corrected chi connectivity index (χ1v) is 18.4. The summed E-state index contributed by atoms with van der Waals surface area (Å²) >= 11 is 0. The molecule has 7 nitrogen and oxygen atoms in total. The molecule has 1 atom stereocenters. The predicted octanol–water partition coefficient (Wildman–Crippen LogP) is 7.47. The standard InChI is InChI=1S/C32H45N3O4Si/c1-22-19-34(21-38-13-14-40(5,6)7)30-26(22)17-25(18-33-30)24-15-23-10-12-37-20-28(23)27(16-24)29-9-8-11-35(29)31(36)39-32(2,3)4/h15-19,29H,8-14,20-21H2,1-7H3/t29-/m0/s1. The highest BCUT2D eigenvalue weighted by atomic mass is 28.3. The Labute approximate surface area is 239 Å². The maximum Gasteiger partial charge on any atom is 0.410 e. The predicted molar refractivity (Wildman–Crippen MR) is 162 cm³/mol. The second kappa shape index (κ2) is 11.3. The van der Waals surface area contributed by atoms with E-state index in [-0.39, 0.29) is 12.1 Å². The van der Waals surface area contributed by atoms with E-state index in [1.54, 1.807) is 0 Å². The van der Waals surface area contributed by atoms with Crippen LogP contribution < -0.4 is 0 Å². The lowest BCUT2D eigenvalue weighted by molar-refractivity contribution is 0.0221. The highest BCUT2D eigenvalue weighted by Crippen LogP contribution is 2.40. The van der Waals surface area contributed by atoms with Crippen molar-refractivity contribution in [3.05, 3.63) is 52.8 Å². The van der Waals surface area contributed by atoms with Gasteiger partial charge in [-0.3, -0.25) is 0 Å². The van der Waals surface area contributed by atoms with E-state index in [9.17, 15) is 4.79 Å². The molecule has 2 aliphatic heterocycles. The van der Waals surface area contributed by atoms with E-state index >= 15 is 0 Å². The van der Waals surface area contributed by atoms with E-state index in [2.05, 4.69) is 55.5 Å². The van der Waals surface area contributed by atoms with Gasteiger partial charge in [0.15, 0.2) is 0 Å². The number of carbonyl (C=O) groups is 1. The largest absolute Gasteiger partial charge is 0.444 e. The number of ether oxygens (including phenoxy) is 3. The molecule has 0 radical (unpaired) electrons. The Hall–Kier alpha value is -2.68. The fourth-order valence-corrected chi connectivity index (χ4v) is 6.50. The third-order valence-corrected chi connectivity index (χ3v) is 9.56. The number of pyridine rings is 1. The summed E-state index contributed by atoms with van der Waals surface area (Å²) in [6, 6.07) is 7.94. The Kier molecular flexibility index (Phi) is 8.14. The van der Waals surface area contributed by atoms with Gasteiger partial charge in [0.05, 0.1) is 19.3 Å². The molecule has 0 bridgehead atoms. The van der Waals surface area contributed by atoms with Crippen molar-refractivity contribution in [2.45, 2.75) is 97.6 Å². The first-order chi connectivity index (χ1) is 18.9. The molecule has 1 aromatic carbocycles. The van der Waals surface area contributed by atoms with Crippen LogP contribution in [-0.2, 0) is 34.0 Å². The molecule has 2 aromatic heterocycles. The van der Waals surface area contributed by atoms with Gasteiger partial charge >= 0.3 is 6.09 Å². The van der Waals surface area contributed by atoms with Crippen LogP contribution >= 0.6 is 0 Å². The third-order valence-electron chi connectivity index (χ3n) is 7.85. The molecule has 0 aliphatic carbocycles. The lowest BCUT2D eigenvalue weighted by Crippen LogP contribution is -2.36. The first kappa shape index (κ1) is 28.8. The number of likely N-dealkylation sites (tertiary alicyclic amines) is 1. The summed E-state index contributed by atoms with van der Waals surface area (Å²) in [7, 11) is -1.12. The second-order valence-corrected chi connectivity index (χ2v) is 19.2.